The fourth-order valence-corrected chi connectivity index (χ4v) is 10.9. The van der Waals surface area contributed by atoms with E-state index in [1.165, 1.54) is 116 Å². The second-order valence-electron chi connectivity index (χ2n) is 17.3. The highest BCUT2D eigenvalue weighted by molar-refractivity contribution is 6.99. The highest BCUT2D eigenvalue weighted by Gasteiger charge is 2.44. The first-order valence-electron chi connectivity index (χ1n) is 20.2. The second kappa shape index (κ2) is 11.3. The van der Waals surface area contributed by atoms with Crippen molar-refractivity contribution in [3.05, 3.63) is 173 Å². The van der Waals surface area contributed by atoms with Gasteiger partial charge in [0.05, 0.1) is 11.2 Å². The van der Waals surface area contributed by atoms with Crippen molar-refractivity contribution in [3.8, 4) is 28.3 Å². The summed E-state index contributed by atoms with van der Waals surface area (Å²) in [7, 11) is 0. The molecule has 1 aliphatic carbocycles. The number of hydrogen-bond donors (Lipinski definition) is 0. The van der Waals surface area contributed by atoms with Gasteiger partial charge in [0, 0.05) is 44.2 Å². The molecule has 3 heterocycles. The number of aryl methyl sites for hydroxylation is 4. The summed E-state index contributed by atoms with van der Waals surface area (Å²) in [6.45, 7) is 13.7. The molecule has 0 radical (unpaired) electrons. The Kier molecular flexibility index (Phi) is 6.48. The maximum absolute atomic E-state index is 7.05. The molecule has 12 rings (SSSR count). The van der Waals surface area contributed by atoms with E-state index in [1.807, 2.05) is 0 Å². The molecular weight excluding hydrogens is 691 g/mol. The van der Waals surface area contributed by atoms with E-state index >= 15 is 0 Å². The number of aromatic nitrogens is 1. The van der Waals surface area contributed by atoms with E-state index in [9.17, 15) is 0 Å². The van der Waals surface area contributed by atoms with Crippen molar-refractivity contribution in [1.29, 1.82) is 0 Å². The van der Waals surface area contributed by atoms with Gasteiger partial charge in [0.15, 0.2) is 0 Å². The Morgan fingerprint density at radius 2 is 1.18 bits per heavy atom. The molecule has 9 aromatic rings. The van der Waals surface area contributed by atoms with Crippen molar-refractivity contribution in [2.24, 2.45) is 0 Å². The van der Waals surface area contributed by atoms with Crippen LogP contribution in [0.25, 0.3) is 49.4 Å². The first kappa shape index (κ1) is 32.7. The predicted octanol–water partition coefficient (Wildman–Crippen LogP) is 11.9. The van der Waals surface area contributed by atoms with Gasteiger partial charge >= 0.3 is 0 Å². The van der Waals surface area contributed by atoms with Crippen LogP contribution in [0.1, 0.15) is 47.2 Å². The van der Waals surface area contributed by atoms with E-state index in [-0.39, 0.29) is 12.1 Å². The van der Waals surface area contributed by atoms with Crippen LogP contribution in [0.5, 0.6) is 11.5 Å². The van der Waals surface area contributed by atoms with Crippen LogP contribution in [-0.2, 0) is 5.41 Å². The van der Waals surface area contributed by atoms with Crippen LogP contribution in [0.2, 0.25) is 0 Å². The van der Waals surface area contributed by atoms with Gasteiger partial charge in [-0.15, -0.1) is 0 Å². The van der Waals surface area contributed by atoms with Crippen molar-refractivity contribution >= 4 is 72.7 Å². The lowest BCUT2D eigenvalue weighted by molar-refractivity contribution is 0.487. The minimum atomic E-state index is -0.273. The number of rotatable bonds is 3. The number of para-hydroxylation sites is 2. The molecular formula is C53H41BN2O. The van der Waals surface area contributed by atoms with E-state index in [0.717, 1.165) is 11.5 Å². The molecule has 0 bridgehead atoms. The van der Waals surface area contributed by atoms with Crippen LogP contribution in [0.15, 0.2) is 140 Å². The molecule has 1 aromatic heterocycles. The molecule has 0 unspecified atom stereocenters. The van der Waals surface area contributed by atoms with Gasteiger partial charge in [-0.2, -0.15) is 0 Å². The SMILES string of the molecule is Cc1cc(C)cc(N(c2cc(C)cc(C)c2)c2cc3c(c4ccccc24)-c2cc4c(cc2C3(C)C)B2c3c(cccc3-n3c5ccccc5c5cccc2c53)O4)c1. The Labute approximate surface area is 333 Å². The van der Waals surface area contributed by atoms with Crippen LogP contribution < -0.4 is 26.0 Å². The Hall–Kier alpha value is -6.52. The van der Waals surface area contributed by atoms with Gasteiger partial charge in [0.1, 0.15) is 11.5 Å². The summed E-state index contributed by atoms with van der Waals surface area (Å²) in [5.41, 5.74) is 21.2. The predicted molar refractivity (Wildman–Crippen MR) is 241 cm³/mol. The highest BCUT2D eigenvalue weighted by atomic mass is 16.5. The van der Waals surface area contributed by atoms with Crippen LogP contribution >= 0.6 is 0 Å². The quantitative estimate of drug-likeness (QED) is 0.168. The third-order valence-electron chi connectivity index (χ3n) is 13.1. The van der Waals surface area contributed by atoms with E-state index in [1.54, 1.807) is 0 Å². The fourth-order valence-electron chi connectivity index (χ4n) is 10.9. The molecule has 3 aliphatic rings. The normalized spacial score (nSPS) is 14.0. The lowest BCUT2D eigenvalue weighted by Gasteiger charge is -2.34. The summed E-state index contributed by atoms with van der Waals surface area (Å²) in [6, 6.07) is 52.5. The van der Waals surface area contributed by atoms with Crippen molar-refractivity contribution in [1.82, 2.24) is 4.57 Å². The maximum Gasteiger partial charge on any atom is 0.256 e. The number of fused-ring (bicyclic) bond motifs is 12. The first-order chi connectivity index (χ1) is 27.7. The molecule has 2 aliphatic heterocycles. The molecule has 0 N–H and O–H groups in total. The van der Waals surface area contributed by atoms with Crippen molar-refractivity contribution < 1.29 is 4.74 Å². The minimum absolute atomic E-state index is 0.0576. The lowest BCUT2D eigenvalue weighted by atomic mass is 9.34. The van der Waals surface area contributed by atoms with Crippen LogP contribution in [0, 0.1) is 27.7 Å². The van der Waals surface area contributed by atoms with Gasteiger partial charge < -0.3 is 14.2 Å². The van der Waals surface area contributed by atoms with E-state index in [4.69, 9.17) is 4.74 Å². The molecule has 272 valence electrons. The average molecular weight is 733 g/mol. The summed E-state index contributed by atoms with van der Waals surface area (Å²) in [5.74, 6) is 1.90. The Morgan fingerprint density at radius 1 is 0.544 bits per heavy atom. The summed E-state index contributed by atoms with van der Waals surface area (Å²) >= 11 is 0. The molecule has 8 aromatic carbocycles. The topological polar surface area (TPSA) is 17.4 Å². The van der Waals surface area contributed by atoms with Gasteiger partial charge in [-0.05, 0) is 149 Å². The van der Waals surface area contributed by atoms with Gasteiger partial charge in [-0.3, -0.25) is 0 Å². The zero-order valence-electron chi connectivity index (χ0n) is 33.2. The summed E-state index contributed by atoms with van der Waals surface area (Å²) in [5, 5.41) is 5.09. The maximum atomic E-state index is 7.05. The van der Waals surface area contributed by atoms with Crippen LogP contribution in [-0.4, -0.2) is 11.3 Å². The van der Waals surface area contributed by atoms with Crippen molar-refractivity contribution in [3.63, 3.8) is 0 Å². The molecule has 0 spiro atoms. The minimum Gasteiger partial charge on any atom is -0.458 e. The van der Waals surface area contributed by atoms with Crippen molar-refractivity contribution in [2.45, 2.75) is 47.0 Å². The summed E-state index contributed by atoms with van der Waals surface area (Å²) < 4.78 is 9.52. The number of nitrogens with zero attached hydrogens (tertiary/aromatic N) is 2. The number of benzene rings is 8. The molecule has 0 saturated carbocycles. The standard InChI is InChI=1S/C53H41BN2O/c1-30-21-31(2)24-34(23-30)55(35-25-32(3)22-33(4)26-35)47-29-42-50(38-15-8-7-13-36(38)47)40-27-49-44(28-41(40)53(42,5)6)54-43-17-11-16-39-37-14-9-10-18-45(37)56(52(39)43)46-19-12-20-48(57-49)51(46)54/h7-29H,1-6H3. The molecule has 0 fully saturated rings. The average Bonchev–Trinajstić information content (AvgIpc) is 3.64. The van der Waals surface area contributed by atoms with Crippen LogP contribution in [0.3, 0.4) is 0 Å². The van der Waals surface area contributed by atoms with E-state index in [2.05, 4.69) is 191 Å². The highest BCUT2D eigenvalue weighted by Crippen LogP contribution is 2.55. The molecule has 4 heteroatoms. The molecule has 0 amide bonds. The van der Waals surface area contributed by atoms with Crippen LogP contribution in [0.4, 0.5) is 17.1 Å². The van der Waals surface area contributed by atoms with E-state index in [0.29, 0.717) is 0 Å². The van der Waals surface area contributed by atoms with Gasteiger partial charge in [-0.25, -0.2) is 0 Å². The molecule has 0 saturated heterocycles. The van der Waals surface area contributed by atoms with Gasteiger partial charge in [-0.1, -0.05) is 98.8 Å². The smallest absolute Gasteiger partial charge is 0.256 e. The zero-order valence-corrected chi connectivity index (χ0v) is 33.2. The number of ether oxygens (including phenoxy) is 1. The molecule has 0 atom stereocenters. The number of anilines is 3. The number of hydrogen-bond acceptors (Lipinski definition) is 2. The lowest BCUT2D eigenvalue weighted by Crippen LogP contribution is -2.58. The van der Waals surface area contributed by atoms with Crippen molar-refractivity contribution in [2.75, 3.05) is 4.90 Å². The second-order valence-corrected chi connectivity index (χ2v) is 17.3. The summed E-state index contributed by atoms with van der Waals surface area (Å²) in [6.07, 6.45) is 0. The largest absolute Gasteiger partial charge is 0.458 e. The van der Waals surface area contributed by atoms with E-state index < -0.39 is 0 Å². The monoisotopic (exact) mass is 732 g/mol. The Morgan fingerprint density at radius 3 is 1.89 bits per heavy atom. The fraction of sp³-hybridized carbons (Fsp3) is 0.132. The molecule has 3 nitrogen and oxygen atoms in total. The third-order valence-corrected chi connectivity index (χ3v) is 13.1. The molecule has 57 heavy (non-hydrogen) atoms. The van der Waals surface area contributed by atoms with Gasteiger partial charge in [0.25, 0.3) is 6.71 Å². The zero-order chi connectivity index (χ0) is 38.5. The summed E-state index contributed by atoms with van der Waals surface area (Å²) in [4.78, 5) is 2.50. The third kappa shape index (κ3) is 4.39. The Bertz CT molecular complexity index is 3170. The first-order valence-corrected chi connectivity index (χ1v) is 20.2. The van der Waals surface area contributed by atoms with Gasteiger partial charge in [0.2, 0.25) is 0 Å². The Balaban J connectivity index is 1.11.